The van der Waals surface area contributed by atoms with Crippen LogP contribution in [0.1, 0.15) is 53.8 Å². The molecule has 0 spiro atoms. The number of ether oxygens (including phenoxy) is 3. The first-order chi connectivity index (χ1) is 18.3. The number of likely N-dealkylation sites (tertiary alicyclic amines) is 1. The van der Waals surface area contributed by atoms with Crippen molar-refractivity contribution in [3.05, 3.63) is 52.5 Å². The summed E-state index contributed by atoms with van der Waals surface area (Å²) in [6.07, 6.45) is 1.87. The molecule has 0 bridgehead atoms. The van der Waals surface area contributed by atoms with Crippen LogP contribution in [-0.2, 0) is 9.53 Å². The third-order valence-corrected chi connectivity index (χ3v) is 7.01. The molecule has 204 valence electrons. The normalized spacial score (nSPS) is 17.9. The largest absolute Gasteiger partial charge is 0.494 e. The first kappa shape index (κ1) is 27.7. The average Bonchev–Trinajstić information content (AvgIpc) is 2.91. The summed E-state index contributed by atoms with van der Waals surface area (Å²) in [6.45, 7) is 7.01. The van der Waals surface area contributed by atoms with Crippen LogP contribution in [0.5, 0.6) is 11.5 Å². The van der Waals surface area contributed by atoms with E-state index in [1.807, 2.05) is 0 Å². The molecule has 2 aliphatic rings. The molecule has 0 aliphatic carbocycles. The summed E-state index contributed by atoms with van der Waals surface area (Å²) < 4.78 is 16.6. The standard InChI is InChI=1S/C28H34ClN3O6/c1-4-36-28(35)19-6-8-22(9-7-19)37-15-5-12-32-13-10-21(11-14-32)30-26(33)23-16-20(29)17-24-25(23)38-18(2)27(34)31(24)3/h6-9,16-18,21H,4-5,10-15H2,1-3H3,(H,30,33). The van der Waals surface area contributed by atoms with Gasteiger partial charge in [0.05, 0.1) is 30.0 Å². The number of rotatable bonds is 9. The van der Waals surface area contributed by atoms with Crippen LogP contribution >= 0.6 is 11.6 Å². The summed E-state index contributed by atoms with van der Waals surface area (Å²) in [7, 11) is 1.65. The van der Waals surface area contributed by atoms with Crippen molar-refractivity contribution in [1.29, 1.82) is 0 Å². The molecule has 38 heavy (non-hydrogen) atoms. The number of amides is 2. The van der Waals surface area contributed by atoms with Crippen LogP contribution in [0.4, 0.5) is 5.69 Å². The lowest BCUT2D eigenvalue weighted by molar-refractivity contribution is -0.125. The minimum Gasteiger partial charge on any atom is -0.494 e. The second-order valence-corrected chi connectivity index (χ2v) is 9.93. The Labute approximate surface area is 228 Å². The summed E-state index contributed by atoms with van der Waals surface area (Å²) in [5.41, 5.74) is 1.35. The molecule has 1 N–H and O–H groups in total. The topological polar surface area (TPSA) is 97.4 Å². The lowest BCUT2D eigenvalue weighted by Gasteiger charge is -2.33. The van der Waals surface area contributed by atoms with Gasteiger partial charge in [0.25, 0.3) is 11.8 Å². The highest BCUT2D eigenvalue weighted by atomic mass is 35.5. The van der Waals surface area contributed by atoms with E-state index in [0.717, 1.165) is 44.6 Å². The molecule has 2 heterocycles. The average molecular weight is 544 g/mol. The van der Waals surface area contributed by atoms with Crippen molar-refractivity contribution >= 4 is 35.1 Å². The Morgan fingerprint density at radius 2 is 1.87 bits per heavy atom. The minimum atomic E-state index is -0.670. The van der Waals surface area contributed by atoms with Gasteiger partial charge in [-0.05, 0) is 69.5 Å². The number of halogens is 1. The number of hydrogen-bond donors (Lipinski definition) is 1. The van der Waals surface area contributed by atoms with Crippen LogP contribution < -0.4 is 19.7 Å². The van der Waals surface area contributed by atoms with Crippen LogP contribution in [0, 0.1) is 0 Å². The Morgan fingerprint density at radius 1 is 1.16 bits per heavy atom. The smallest absolute Gasteiger partial charge is 0.338 e. The lowest BCUT2D eigenvalue weighted by Crippen LogP contribution is -2.46. The van der Waals surface area contributed by atoms with Crippen molar-refractivity contribution in [3.8, 4) is 11.5 Å². The molecule has 0 saturated carbocycles. The van der Waals surface area contributed by atoms with Gasteiger partial charge in [-0.1, -0.05) is 11.6 Å². The number of hydrogen-bond acceptors (Lipinski definition) is 7. The highest BCUT2D eigenvalue weighted by Crippen LogP contribution is 2.39. The molecule has 1 unspecified atom stereocenters. The molecule has 1 atom stereocenters. The van der Waals surface area contributed by atoms with E-state index in [1.165, 1.54) is 4.90 Å². The molecule has 4 rings (SSSR count). The highest BCUT2D eigenvalue weighted by molar-refractivity contribution is 6.31. The maximum atomic E-state index is 13.1. The van der Waals surface area contributed by atoms with Crippen LogP contribution in [-0.4, -0.2) is 74.7 Å². The fraction of sp³-hybridized carbons (Fsp3) is 0.464. The third kappa shape index (κ3) is 6.57. The summed E-state index contributed by atoms with van der Waals surface area (Å²) in [5.74, 6) is 0.332. The Balaban J connectivity index is 1.21. The zero-order chi connectivity index (χ0) is 27.2. The Bertz CT molecular complexity index is 1160. The summed E-state index contributed by atoms with van der Waals surface area (Å²) >= 11 is 6.26. The summed E-state index contributed by atoms with van der Waals surface area (Å²) in [6, 6.07) is 10.2. The number of anilines is 1. The third-order valence-electron chi connectivity index (χ3n) is 6.79. The predicted molar refractivity (Wildman–Crippen MR) is 144 cm³/mol. The van der Waals surface area contributed by atoms with E-state index in [0.29, 0.717) is 40.8 Å². The van der Waals surface area contributed by atoms with Crippen LogP contribution in [0.3, 0.4) is 0 Å². The van der Waals surface area contributed by atoms with E-state index in [-0.39, 0.29) is 23.8 Å². The molecular weight excluding hydrogens is 510 g/mol. The molecule has 2 aromatic carbocycles. The van der Waals surface area contributed by atoms with Crippen LogP contribution in [0.25, 0.3) is 0 Å². The van der Waals surface area contributed by atoms with Gasteiger partial charge < -0.3 is 29.3 Å². The highest BCUT2D eigenvalue weighted by Gasteiger charge is 2.33. The number of fused-ring (bicyclic) bond motifs is 1. The first-order valence-corrected chi connectivity index (χ1v) is 13.4. The van der Waals surface area contributed by atoms with E-state index in [2.05, 4.69) is 10.2 Å². The monoisotopic (exact) mass is 543 g/mol. The van der Waals surface area contributed by atoms with Gasteiger partial charge in [0.1, 0.15) is 5.75 Å². The molecule has 0 radical (unpaired) electrons. The summed E-state index contributed by atoms with van der Waals surface area (Å²) in [5, 5.41) is 3.49. The molecular formula is C28H34ClN3O6. The SMILES string of the molecule is CCOC(=O)c1ccc(OCCCN2CCC(NC(=O)c3cc(Cl)cc4c3OC(C)C(=O)N4C)CC2)cc1. The van der Waals surface area contributed by atoms with Crippen molar-refractivity contribution in [2.75, 3.05) is 44.8 Å². The Morgan fingerprint density at radius 3 is 2.55 bits per heavy atom. The number of esters is 1. The predicted octanol–water partition coefficient (Wildman–Crippen LogP) is 3.92. The van der Waals surface area contributed by atoms with Gasteiger partial charge in [-0.15, -0.1) is 0 Å². The number of carbonyl (C=O) groups excluding carboxylic acids is 3. The van der Waals surface area contributed by atoms with Gasteiger partial charge in [-0.3, -0.25) is 9.59 Å². The zero-order valence-electron chi connectivity index (χ0n) is 22.0. The Hall–Kier alpha value is -3.30. The van der Waals surface area contributed by atoms with Crippen molar-refractivity contribution in [2.24, 2.45) is 0 Å². The minimum absolute atomic E-state index is 0.0444. The summed E-state index contributed by atoms with van der Waals surface area (Å²) in [4.78, 5) is 41.0. The van der Waals surface area contributed by atoms with Gasteiger partial charge >= 0.3 is 5.97 Å². The second kappa shape index (κ2) is 12.5. The molecule has 1 fully saturated rings. The maximum Gasteiger partial charge on any atom is 0.338 e. The molecule has 9 nitrogen and oxygen atoms in total. The Kier molecular flexibility index (Phi) is 9.12. The van der Waals surface area contributed by atoms with E-state index in [9.17, 15) is 14.4 Å². The van der Waals surface area contributed by atoms with Crippen molar-refractivity contribution < 1.29 is 28.6 Å². The zero-order valence-corrected chi connectivity index (χ0v) is 22.8. The van der Waals surface area contributed by atoms with E-state index in [4.69, 9.17) is 25.8 Å². The number of likely N-dealkylation sites (N-methyl/N-ethyl adjacent to an activating group) is 1. The number of piperidine rings is 1. The van der Waals surface area contributed by atoms with Gasteiger partial charge in [0, 0.05) is 37.7 Å². The molecule has 2 aliphatic heterocycles. The molecule has 0 aromatic heterocycles. The number of nitrogens with zero attached hydrogens (tertiary/aromatic N) is 2. The number of nitrogens with one attached hydrogen (secondary N) is 1. The number of carbonyl (C=O) groups is 3. The van der Waals surface area contributed by atoms with Gasteiger partial charge in [0.15, 0.2) is 11.9 Å². The fourth-order valence-electron chi connectivity index (χ4n) is 4.68. The van der Waals surface area contributed by atoms with Gasteiger partial charge in [-0.2, -0.15) is 0 Å². The van der Waals surface area contributed by atoms with Crippen molar-refractivity contribution in [2.45, 2.75) is 45.3 Å². The molecule has 2 aromatic rings. The first-order valence-electron chi connectivity index (χ1n) is 13.0. The quantitative estimate of drug-likeness (QED) is 0.378. The maximum absolute atomic E-state index is 13.1. The molecule has 1 saturated heterocycles. The second-order valence-electron chi connectivity index (χ2n) is 9.50. The van der Waals surface area contributed by atoms with E-state index < -0.39 is 6.10 Å². The lowest BCUT2D eigenvalue weighted by atomic mass is 10.0. The van der Waals surface area contributed by atoms with E-state index >= 15 is 0 Å². The van der Waals surface area contributed by atoms with Gasteiger partial charge in [0.2, 0.25) is 0 Å². The fourth-order valence-corrected chi connectivity index (χ4v) is 4.90. The molecule has 10 heteroatoms. The van der Waals surface area contributed by atoms with Crippen molar-refractivity contribution in [3.63, 3.8) is 0 Å². The molecule has 2 amide bonds. The van der Waals surface area contributed by atoms with Crippen LogP contribution in [0.15, 0.2) is 36.4 Å². The van der Waals surface area contributed by atoms with Crippen LogP contribution in [0.2, 0.25) is 5.02 Å². The van der Waals surface area contributed by atoms with E-state index in [1.54, 1.807) is 57.3 Å². The van der Waals surface area contributed by atoms with Gasteiger partial charge in [-0.25, -0.2) is 4.79 Å². The number of benzene rings is 2. The van der Waals surface area contributed by atoms with Crippen molar-refractivity contribution in [1.82, 2.24) is 10.2 Å².